The minimum Gasteiger partial charge on any atom is -0.493 e. The lowest BCUT2D eigenvalue weighted by Gasteiger charge is -2.26. The summed E-state index contributed by atoms with van der Waals surface area (Å²) < 4.78 is 26.7. The average Bonchev–Trinajstić information content (AvgIpc) is 3.22. The van der Waals surface area contributed by atoms with Crippen LogP contribution in [0.15, 0.2) is 34.7 Å². The van der Waals surface area contributed by atoms with Crippen molar-refractivity contribution in [3.05, 3.63) is 40.2 Å². The minimum absolute atomic E-state index is 0.130. The SMILES string of the molecule is COc1ccc(C2C3=C(COC3=O)NC3=C2C(=O)OC3)c(OC)c1OC. The van der Waals surface area contributed by atoms with Gasteiger partial charge in [0.05, 0.1) is 49.8 Å². The Bertz CT molecular complexity index is 844. The molecule has 3 aliphatic rings. The van der Waals surface area contributed by atoms with E-state index in [2.05, 4.69) is 5.32 Å². The van der Waals surface area contributed by atoms with Gasteiger partial charge in [0.2, 0.25) is 5.75 Å². The van der Waals surface area contributed by atoms with E-state index in [9.17, 15) is 9.59 Å². The van der Waals surface area contributed by atoms with Crippen LogP contribution in [-0.4, -0.2) is 46.5 Å². The Morgan fingerprint density at radius 2 is 1.46 bits per heavy atom. The lowest BCUT2D eigenvalue weighted by atomic mass is 9.80. The molecule has 4 rings (SSSR count). The smallest absolute Gasteiger partial charge is 0.337 e. The highest BCUT2D eigenvalue weighted by Crippen LogP contribution is 2.50. The van der Waals surface area contributed by atoms with Crippen LogP contribution in [0.3, 0.4) is 0 Å². The summed E-state index contributed by atoms with van der Waals surface area (Å²) in [6.07, 6.45) is 0. The van der Waals surface area contributed by atoms with Crippen molar-refractivity contribution in [2.75, 3.05) is 34.5 Å². The summed E-state index contributed by atoms with van der Waals surface area (Å²) in [5.41, 5.74) is 2.63. The van der Waals surface area contributed by atoms with Crippen LogP contribution in [0.4, 0.5) is 0 Å². The number of dihydropyridines is 1. The van der Waals surface area contributed by atoms with Crippen LogP contribution >= 0.6 is 0 Å². The van der Waals surface area contributed by atoms with E-state index < -0.39 is 17.9 Å². The molecule has 0 amide bonds. The van der Waals surface area contributed by atoms with Crippen molar-refractivity contribution in [1.29, 1.82) is 0 Å². The lowest BCUT2D eigenvalue weighted by Crippen LogP contribution is -2.27. The number of esters is 2. The van der Waals surface area contributed by atoms with Crippen molar-refractivity contribution < 1.29 is 33.3 Å². The maximum Gasteiger partial charge on any atom is 0.337 e. The zero-order valence-electron chi connectivity index (χ0n) is 14.5. The molecule has 3 aliphatic heterocycles. The molecule has 0 unspecified atom stereocenters. The van der Waals surface area contributed by atoms with E-state index in [-0.39, 0.29) is 13.2 Å². The number of rotatable bonds is 4. The van der Waals surface area contributed by atoms with Crippen LogP contribution < -0.4 is 19.5 Å². The summed E-state index contributed by atoms with van der Waals surface area (Å²) in [5, 5.41) is 3.10. The average molecular weight is 359 g/mol. The third-order valence-corrected chi connectivity index (χ3v) is 4.71. The third kappa shape index (κ3) is 2.15. The van der Waals surface area contributed by atoms with Crippen LogP contribution in [0, 0.1) is 0 Å². The molecule has 1 aromatic rings. The third-order valence-electron chi connectivity index (χ3n) is 4.71. The van der Waals surface area contributed by atoms with E-state index in [0.29, 0.717) is 45.4 Å². The molecule has 0 atom stereocenters. The molecule has 1 N–H and O–H groups in total. The normalized spacial score (nSPS) is 18.9. The number of carbonyl (C=O) groups excluding carboxylic acids is 2. The summed E-state index contributed by atoms with van der Waals surface area (Å²) in [5.74, 6) is -0.361. The van der Waals surface area contributed by atoms with Gasteiger partial charge in [0.1, 0.15) is 13.2 Å². The number of cyclic esters (lactones) is 2. The number of methoxy groups -OCH3 is 3. The Labute approximate surface area is 149 Å². The zero-order chi connectivity index (χ0) is 18.4. The van der Waals surface area contributed by atoms with E-state index in [4.69, 9.17) is 23.7 Å². The molecule has 0 saturated heterocycles. The summed E-state index contributed by atoms with van der Waals surface area (Å²) in [7, 11) is 4.51. The molecule has 0 aromatic heterocycles. The Morgan fingerprint density at radius 1 is 0.885 bits per heavy atom. The highest BCUT2D eigenvalue weighted by atomic mass is 16.5. The van der Waals surface area contributed by atoms with Crippen LogP contribution in [0.2, 0.25) is 0 Å². The first-order valence-corrected chi connectivity index (χ1v) is 7.96. The predicted octanol–water partition coefficient (Wildman–Crippen LogP) is 1.02. The Balaban J connectivity index is 1.96. The zero-order valence-corrected chi connectivity index (χ0v) is 14.5. The first-order chi connectivity index (χ1) is 12.6. The fraction of sp³-hybridized carbons (Fsp3) is 0.333. The van der Waals surface area contributed by atoms with Crippen molar-refractivity contribution >= 4 is 11.9 Å². The molecule has 3 heterocycles. The highest BCUT2D eigenvalue weighted by molar-refractivity contribution is 6.02. The van der Waals surface area contributed by atoms with Gasteiger partial charge in [0, 0.05) is 5.56 Å². The first kappa shape index (κ1) is 16.3. The van der Waals surface area contributed by atoms with E-state index in [1.807, 2.05) is 0 Å². The summed E-state index contributed by atoms with van der Waals surface area (Å²) in [4.78, 5) is 24.7. The van der Waals surface area contributed by atoms with E-state index in [0.717, 1.165) is 0 Å². The molecule has 0 saturated carbocycles. The summed E-state index contributed by atoms with van der Waals surface area (Å²) in [6, 6.07) is 3.46. The van der Waals surface area contributed by atoms with Crippen molar-refractivity contribution in [3.8, 4) is 17.2 Å². The quantitative estimate of drug-likeness (QED) is 0.797. The van der Waals surface area contributed by atoms with Gasteiger partial charge in [-0.15, -0.1) is 0 Å². The van der Waals surface area contributed by atoms with Crippen LogP contribution in [0.5, 0.6) is 17.2 Å². The maximum atomic E-state index is 12.4. The van der Waals surface area contributed by atoms with Gasteiger partial charge in [-0.1, -0.05) is 6.07 Å². The second-order valence-electron chi connectivity index (χ2n) is 5.92. The number of carbonyl (C=O) groups is 2. The Kier molecular flexibility index (Phi) is 3.75. The van der Waals surface area contributed by atoms with Crippen LogP contribution in [0.25, 0.3) is 0 Å². The van der Waals surface area contributed by atoms with Gasteiger partial charge in [0.25, 0.3) is 0 Å². The van der Waals surface area contributed by atoms with Crippen LogP contribution in [0.1, 0.15) is 11.5 Å². The molecule has 0 radical (unpaired) electrons. The second kappa shape index (κ2) is 5.98. The second-order valence-corrected chi connectivity index (χ2v) is 5.92. The molecule has 8 nitrogen and oxygen atoms in total. The molecule has 1 aromatic carbocycles. The highest BCUT2D eigenvalue weighted by Gasteiger charge is 2.46. The van der Waals surface area contributed by atoms with Gasteiger partial charge in [-0.3, -0.25) is 0 Å². The van der Waals surface area contributed by atoms with Crippen molar-refractivity contribution in [1.82, 2.24) is 5.32 Å². The molecular weight excluding hydrogens is 342 g/mol. The summed E-state index contributed by atoms with van der Waals surface area (Å²) >= 11 is 0. The molecule has 0 fully saturated rings. The molecule has 26 heavy (non-hydrogen) atoms. The topological polar surface area (TPSA) is 92.3 Å². The van der Waals surface area contributed by atoms with Gasteiger partial charge in [-0.25, -0.2) is 9.59 Å². The predicted molar refractivity (Wildman–Crippen MR) is 87.9 cm³/mol. The Morgan fingerprint density at radius 3 is 1.96 bits per heavy atom. The number of nitrogens with one attached hydrogen (secondary N) is 1. The fourth-order valence-corrected chi connectivity index (χ4v) is 3.61. The molecule has 0 bridgehead atoms. The van der Waals surface area contributed by atoms with Gasteiger partial charge >= 0.3 is 11.9 Å². The summed E-state index contributed by atoms with van der Waals surface area (Å²) in [6.45, 7) is 0.260. The molecular formula is C18H17NO7. The lowest BCUT2D eigenvalue weighted by molar-refractivity contribution is -0.136. The van der Waals surface area contributed by atoms with Gasteiger partial charge in [-0.2, -0.15) is 0 Å². The maximum absolute atomic E-state index is 12.4. The number of ether oxygens (including phenoxy) is 5. The number of hydrogen-bond acceptors (Lipinski definition) is 8. The monoisotopic (exact) mass is 359 g/mol. The van der Waals surface area contributed by atoms with Gasteiger partial charge in [-0.05, 0) is 6.07 Å². The number of benzene rings is 1. The molecule has 136 valence electrons. The number of hydrogen-bond donors (Lipinski definition) is 1. The van der Waals surface area contributed by atoms with Crippen LogP contribution in [-0.2, 0) is 19.1 Å². The van der Waals surface area contributed by atoms with Crippen molar-refractivity contribution in [2.45, 2.75) is 5.92 Å². The van der Waals surface area contributed by atoms with Gasteiger partial charge < -0.3 is 29.0 Å². The Hall–Kier alpha value is -3.16. The largest absolute Gasteiger partial charge is 0.493 e. The molecule has 8 heteroatoms. The van der Waals surface area contributed by atoms with Gasteiger partial charge in [0.15, 0.2) is 11.5 Å². The molecule has 0 spiro atoms. The van der Waals surface area contributed by atoms with E-state index >= 15 is 0 Å². The van der Waals surface area contributed by atoms with E-state index in [1.54, 1.807) is 12.1 Å². The molecule has 0 aliphatic carbocycles. The standard InChI is InChI=1S/C18H17NO7/c1-22-11-5-4-8(15(23-2)16(11)24-3)12-13-9(6-25-17(13)20)19-10-7-26-18(21)14(10)12/h4-5,12,19H,6-7H2,1-3H3. The minimum atomic E-state index is -0.666. The first-order valence-electron chi connectivity index (χ1n) is 7.96. The fourth-order valence-electron chi connectivity index (χ4n) is 3.61. The van der Waals surface area contributed by atoms with E-state index in [1.165, 1.54) is 21.3 Å². The van der Waals surface area contributed by atoms with Crippen molar-refractivity contribution in [2.24, 2.45) is 0 Å². The van der Waals surface area contributed by atoms with Crippen molar-refractivity contribution in [3.63, 3.8) is 0 Å².